The molecular weight excluding hydrogens is 290 g/mol. The van der Waals surface area contributed by atoms with Crippen LogP contribution in [-0.2, 0) is 4.74 Å². The summed E-state index contributed by atoms with van der Waals surface area (Å²) in [6, 6.07) is 8.62. The lowest BCUT2D eigenvalue weighted by atomic mass is 9.93. The molecule has 0 saturated carbocycles. The molecule has 0 aromatic heterocycles. The highest BCUT2D eigenvalue weighted by Gasteiger charge is 2.14. The predicted octanol–water partition coefficient (Wildman–Crippen LogP) is 3.96. The quantitative estimate of drug-likeness (QED) is 0.734. The lowest BCUT2D eigenvalue weighted by Crippen LogP contribution is -2.25. The summed E-state index contributed by atoms with van der Waals surface area (Å²) < 4.78 is 6.53. The van der Waals surface area contributed by atoms with E-state index in [1.165, 1.54) is 12.0 Å². The van der Waals surface area contributed by atoms with E-state index in [0.29, 0.717) is 12.0 Å². The van der Waals surface area contributed by atoms with Gasteiger partial charge in [-0.2, -0.15) is 0 Å². The smallest absolute Gasteiger partial charge is 0.0549 e. The van der Waals surface area contributed by atoms with Crippen molar-refractivity contribution in [3.63, 3.8) is 0 Å². The number of halogens is 1. The average molecular weight is 314 g/mol. The zero-order valence-corrected chi connectivity index (χ0v) is 13.2. The molecule has 0 bridgehead atoms. The number of methoxy groups -OCH3 is 1. The third-order valence-corrected chi connectivity index (χ3v) is 3.71. The second-order valence-electron chi connectivity index (χ2n) is 4.73. The fourth-order valence-electron chi connectivity index (χ4n) is 2.02. The van der Waals surface area contributed by atoms with Crippen molar-refractivity contribution < 1.29 is 4.74 Å². The Kier molecular flexibility index (Phi) is 7.56. The maximum absolute atomic E-state index is 5.40. The van der Waals surface area contributed by atoms with Crippen LogP contribution in [0.5, 0.6) is 0 Å². The summed E-state index contributed by atoms with van der Waals surface area (Å²) in [5.74, 6) is 0.514. The van der Waals surface area contributed by atoms with Crippen molar-refractivity contribution in [3.05, 3.63) is 34.3 Å². The highest BCUT2D eigenvalue weighted by Crippen LogP contribution is 2.23. The Morgan fingerprint density at radius 3 is 2.50 bits per heavy atom. The molecule has 18 heavy (non-hydrogen) atoms. The summed E-state index contributed by atoms with van der Waals surface area (Å²) >= 11 is 3.48. The summed E-state index contributed by atoms with van der Waals surface area (Å²) in [5.41, 5.74) is 1.38. The number of nitrogens with one attached hydrogen (secondary N) is 1. The minimum atomic E-state index is 0.294. The SMILES string of the molecule is CCCNCC(CC(C)OC)c1ccc(Br)cc1. The van der Waals surface area contributed by atoms with Crippen molar-refractivity contribution in [2.45, 2.75) is 38.7 Å². The zero-order chi connectivity index (χ0) is 13.4. The first-order valence-corrected chi connectivity index (χ1v) is 7.45. The van der Waals surface area contributed by atoms with Crippen molar-refractivity contribution in [1.29, 1.82) is 0 Å². The van der Waals surface area contributed by atoms with Crippen LogP contribution in [0.3, 0.4) is 0 Å². The highest BCUT2D eigenvalue weighted by molar-refractivity contribution is 9.10. The van der Waals surface area contributed by atoms with Gasteiger partial charge in [0.05, 0.1) is 6.10 Å². The van der Waals surface area contributed by atoms with Gasteiger partial charge in [-0.1, -0.05) is 35.0 Å². The first-order valence-electron chi connectivity index (χ1n) is 6.66. The van der Waals surface area contributed by atoms with Crippen LogP contribution >= 0.6 is 15.9 Å². The van der Waals surface area contributed by atoms with Crippen molar-refractivity contribution in [2.75, 3.05) is 20.2 Å². The topological polar surface area (TPSA) is 21.3 Å². The van der Waals surface area contributed by atoms with Gasteiger partial charge in [0.15, 0.2) is 0 Å². The first-order chi connectivity index (χ1) is 8.67. The molecule has 0 aliphatic rings. The molecule has 2 unspecified atom stereocenters. The van der Waals surface area contributed by atoms with Crippen molar-refractivity contribution >= 4 is 15.9 Å². The summed E-state index contributed by atoms with van der Waals surface area (Å²) in [6.07, 6.45) is 2.52. The highest BCUT2D eigenvalue weighted by atomic mass is 79.9. The second kappa shape index (κ2) is 8.68. The molecule has 2 nitrogen and oxygen atoms in total. The fourth-order valence-corrected chi connectivity index (χ4v) is 2.29. The molecule has 1 rings (SSSR count). The lowest BCUT2D eigenvalue weighted by molar-refractivity contribution is 0.104. The van der Waals surface area contributed by atoms with Gasteiger partial charge in [0.2, 0.25) is 0 Å². The third-order valence-electron chi connectivity index (χ3n) is 3.18. The van der Waals surface area contributed by atoms with Gasteiger partial charge in [0.25, 0.3) is 0 Å². The van der Waals surface area contributed by atoms with E-state index < -0.39 is 0 Å². The molecule has 0 aliphatic carbocycles. The zero-order valence-electron chi connectivity index (χ0n) is 11.6. The Labute approximate surface area is 119 Å². The Morgan fingerprint density at radius 1 is 1.28 bits per heavy atom. The molecule has 3 heteroatoms. The molecule has 0 spiro atoms. The van der Waals surface area contributed by atoms with Gasteiger partial charge >= 0.3 is 0 Å². The van der Waals surface area contributed by atoms with Crippen LogP contribution in [0.25, 0.3) is 0 Å². The van der Waals surface area contributed by atoms with Crippen LogP contribution in [0, 0.1) is 0 Å². The van der Waals surface area contributed by atoms with Gasteiger partial charge in [0, 0.05) is 18.1 Å². The normalized spacial score (nSPS) is 14.4. The molecule has 0 amide bonds. The van der Waals surface area contributed by atoms with Crippen LogP contribution in [0.4, 0.5) is 0 Å². The number of hydrogen-bond donors (Lipinski definition) is 1. The Morgan fingerprint density at radius 2 is 1.94 bits per heavy atom. The molecule has 0 heterocycles. The molecule has 2 atom stereocenters. The van der Waals surface area contributed by atoms with Crippen molar-refractivity contribution in [3.8, 4) is 0 Å². The summed E-state index contributed by atoms with van der Waals surface area (Å²) in [4.78, 5) is 0. The fraction of sp³-hybridized carbons (Fsp3) is 0.600. The van der Waals surface area contributed by atoms with Crippen LogP contribution < -0.4 is 5.32 Å². The lowest BCUT2D eigenvalue weighted by Gasteiger charge is -2.21. The molecule has 1 N–H and O–H groups in total. The molecule has 102 valence electrons. The second-order valence-corrected chi connectivity index (χ2v) is 5.65. The first kappa shape index (κ1) is 15.7. The van der Waals surface area contributed by atoms with E-state index in [1.54, 1.807) is 7.11 Å². The summed E-state index contributed by atoms with van der Waals surface area (Å²) in [6.45, 7) is 6.42. The largest absolute Gasteiger partial charge is 0.382 e. The maximum Gasteiger partial charge on any atom is 0.0549 e. The molecule has 1 aromatic carbocycles. The minimum absolute atomic E-state index is 0.294. The summed E-state index contributed by atoms with van der Waals surface area (Å²) in [7, 11) is 1.78. The Balaban J connectivity index is 2.66. The molecular formula is C15H24BrNO. The van der Waals surface area contributed by atoms with Crippen LogP contribution in [0.1, 0.15) is 38.2 Å². The van der Waals surface area contributed by atoms with Gasteiger partial charge < -0.3 is 10.1 Å². The van der Waals surface area contributed by atoms with Crippen LogP contribution in [0.2, 0.25) is 0 Å². The van der Waals surface area contributed by atoms with Crippen LogP contribution in [-0.4, -0.2) is 26.3 Å². The standard InChI is InChI=1S/C15H24BrNO/c1-4-9-17-11-14(10-12(2)18-3)13-5-7-15(16)8-6-13/h5-8,12,14,17H,4,9-11H2,1-3H3. The predicted molar refractivity (Wildman–Crippen MR) is 81.1 cm³/mol. The van der Waals surface area contributed by atoms with Gasteiger partial charge in [-0.15, -0.1) is 0 Å². The van der Waals surface area contributed by atoms with Gasteiger partial charge in [-0.05, 0) is 49.9 Å². The molecule has 1 aromatic rings. The van der Waals surface area contributed by atoms with Crippen LogP contribution in [0.15, 0.2) is 28.7 Å². The molecule has 0 aliphatic heterocycles. The Bertz CT molecular complexity index is 326. The van der Waals surface area contributed by atoms with Gasteiger partial charge in [0.1, 0.15) is 0 Å². The van der Waals surface area contributed by atoms with Crippen molar-refractivity contribution in [2.24, 2.45) is 0 Å². The number of benzene rings is 1. The minimum Gasteiger partial charge on any atom is -0.382 e. The molecule has 0 saturated heterocycles. The maximum atomic E-state index is 5.40. The van der Waals surface area contributed by atoms with Crippen molar-refractivity contribution in [1.82, 2.24) is 5.32 Å². The van der Waals surface area contributed by atoms with E-state index >= 15 is 0 Å². The van der Waals surface area contributed by atoms with E-state index in [1.807, 2.05) is 0 Å². The van der Waals surface area contributed by atoms with E-state index in [0.717, 1.165) is 24.0 Å². The van der Waals surface area contributed by atoms with E-state index in [-0.39, 0.29) is 0 Å². The molecule has 0 fully saturated rings. The molecule has 0 radical (unpaired) electrons. The monoisotopic (exact) mass is 313 g/mol. The van der Waals surface area contributed by atoms with E-state index in [9.17, 15) is 0 Å². The summed E-state index contributed by atoms with van der Waals surface area (Å²) in [5, 5.41) is 3.51. The van der Waals surface area contributed by atoms with Gasteiger partial charge in [-0.3, -0.25) is 0 Å². The number of rotatable bonds is 8. The van der Waals surface area contributed by atoms with Gasteiger partial charge in [-0.25, -0.2) is 0 Å². The van der Waals surface area contributed by atoms with E-state index in [2.05, 4.69) is 59.4 Å². The number of hydrogen-bond acceptors (Lipinski definition) is 2. The third kappa shape index (κ3) is 5.51. The number of ether oxygens (including phenoxy) is 1. The Hall–Kier alpha value is -0.380. The average Bonchev–Trinajstić information content (AvgIpc) is 2.38. The van der Waals surface area contributed by atoms with E-state index in [4.69, 9.17) is 4.74 Å².